The summed E-state index contributed by atoms with van der Waals surface area (Å²) < 4.78 is 0. The van der Waals surface area contributed by atoms with E-state index in [1.165, 1.54) is 23.3 Å². The van der Waals surface area contributed by atoms with Crippen molar-refractivity contribution < 1.29 is 9.69 Å². The predicted molar refractivity (Wildman–Crippen MR) is 83.0 cm³/mol. The van der Waals surface area contributed by atoms with Gasteiger partial charge in [0.05, 0.1) is 13.1 Å². The van der Waals surface area contributed by atoms with Gasteiger partial charge >= 0.3 is 0 Å². The lowest BCUT2D eigenvalue weighted by atomic mass is 9.98. The van der Waals surface area contributed by atoms with Crippen LogP contribution in [0.4, 0.5) is 5.69 Å². The molecule has 3 heteroatoms. The molecule has 1 heterocycles. The van der Waals surface area contributed by atoms with Crippen LogP contribution in [0.15, 0.2) is 24.3 Å². The third-order valence-corrected chi connectivity index (χ3v) is 4.55. The van der Waals surface area contributed by atoms with E-state index >= 15 is 0 Å². The van der Waals surface area contributed by atoms with Crippen LogP contribution in [0.1, 0.15) is 39.2 Å². The Morgan fingerprint density at radius 3 is 2.45 bits per heavy atom. The molecule has 0 radical (unpaired) electrons. The minimum Gasteiger partial charge on any atom is -0.325 e. The van der Waals surface area contributed by atoms with Crippen molar-refractivity contribution in [1.82, 2.24) is 0 Å². The van der Waals surface area contributed by atoms with E-state index in [-0.39, 0.29) is 11.9 Å². The molecule has 0 aromatic heterocycles. The minimum absolute atomic E-state index is 0.0355. The van der Waals surface area contributed by atoms with Crippen molar-refractivity contribution >= 4 is 11.6 Å². The maximum absolute atomic E-state index is 12.3. The van der Waals surface area contributed by atoms with Crippen LogP contribution in [0.2, 0.25) is 0 Å². The van der Waals surface area contributed by atoms with Crippen LogP contribution in [-0.4, -0.2) is 25.0 Å². The molecule has 2 N–H and O–H groups in total. The Balaban J connectivity index is 1.89. The number of hydrogen-bond acceptors (Lipinski definition) is 1. The number of quaternary nitrogens is 1. The molecular formula is C17H27N2O+. The third-order valence-electron chi connectivity index (χ3n) is 4.55. The fourth-order valence-electron chi connectivity index (χ4n) is 2.83. The first kappa shape index (κ1) is 15.0. The second-order valence-electron chi connectivity index (χ2n) is 6.10. The van der Waals surface area contributed by atoms with Crippen LogP contribution in [0, 0.1) is 5.92 Å². The van der Waals surface area contributed by atoms with Crippen LogP contribution in [0.3, 0.4) is 0 Å². The molecule has 1 aromatic carbocycles. The van der Waals surface area contributed by atoms with E-state index in [2.05, 4.69) is 31.3 Å². The van der Waals surface area contributed by atoms with Gasteiger partial charge in [-0.15, -0.1) is 0 Å². The molecule has 1 atom stereocenters. The zero-order valence-electron chi connectivity index (χ0n) is 12.9. The minimum atomic E-state index is 0.0355. The number of nitrogens with one attached hydrogen (secondary N) is 2. The van der Waals surface area contributed by atoms with Gasteiger partial charge in [-0.1, -0.05) is 26.0 Å². The van der Waals surface area contributed by atoms with Gasteiger partial charge in [0, 0.05) is 5.69 Å². The predicted octanol–water partition coefficient (Wildman–Crippen LogP) is 1.89. The van der Waals surface area contributed by atoms with E-state index < -0.39 is 0 Å². The topological polar surface area (TPSA) is 33.5 Å². The largest absolute Gasteiger partial charge is 0.325 e. The van der Waals surface area contributed by atoms with Crippen LogP contribution in [-0.2, 0) is 11.2 Å². The Morgan fingerprint density at radius 2 is 1.90 bits per heavy atom. The number of rotatable bonds is 4. The van der Waals surface area contributed by atoms with E-state index in [9.17, 15) is 4.79 Å². The van der Waals surface area contributed by atoms with Crippen molar-refractivity contribution in [1.29, 1.82) is 0 Å². The first-order valence-corrected chi connectivity index (χ1v) is 7.84. The number of amides is 1. The summed E-state index contributed by atoms with van der Waals surface area (Å²) in [5, 5.41) is 3.04. The molecule has 3 nitrogen and oxygen atoms in total. The van der Waals surface area contributed by atoms with Gasteiger partial charge in [0.15, 0.2) is 6.04 Å². The van der Waals surface area contributed by atoms with Gasteiger partial charge in [0.2, 0.25) is 0 Å². The highest BCUT2D eigenvalue weighted by Gasteiger charge is 2.28. The quantitative estimate of drug-likeness (QED) is 0.864. The molecule has 1 aromatic rings. The van der Waals surface area contributed by atoms with Gasteiger partial charge in [0.25, 0.3) is 5.91 Å². The number of likely N-dealkylation sites (tertiary alicyclic amines) is 1. The molecule has 1 amide bonds. The van der Waals surface area contributed by atoms with Crippen LogP contribution >= 0.6 is 0 Å². The molecular weight excluding hydrogens is 248 g/mol. The van der Waals surface area contributed by atoms with Crippen molar-refractivity contribution in [2.45, 2.75) is 46.1 Å². The van der Waals surface area contributed by atoms with Crippen LogP contribution < -0.4 is 10.2 Å². The summed E-state index contributed by atoms with van der Waals surface area (Å²) >= 11 is 0. The molecule has 0 unspecified atom stereocenters. The van der Waals surface area contributed by atoms with Crippen molar-refractivity contribution in [3.05, 3.63) is 29.8 Å². The maximum Gasteiger partial charge on any atom is 0.282 e. The first-order chi connectivity index (χ1) is 9.60. The number of carbonyl (C=O) groups excluding carboxylic acids is 1. The summed E-state index contributed by atoms with van der Waals surface area (Å²) in [5.74, 6) is 0.953. The molecule has 1 saturated heterocycles. The molecule has 0 spiro atoms. The average Bonchev–Trinajstić information content (AvgIpc) is 2.48. The van der Waals surface area contributed by atoms with E-state index in [1.54, 1.807) is 0 Å². The Kier molecular flexibility index (Phi) is 5.18. The summed E-state index contributed by atoms with van der Waals surface area (Å²) in [6.07, 6.45) is 3.50. The molecule has 110 valence electrons. The second-order valence-corrected chi connectivity index (χ2v) is 6.10. The normalized spacial score (nSPS) is 24.1. The summed E-state index contributed by atoms with van der Waals surface area (Å²) in [6, 6.07) is 8.19. The smallest absolute Gasteiger partial charge is 0.282 e. The van der Waals surface area contributed by atoms with Crippen LogP contribution in [0.5, 0.6) is 0 Å². The fourth-order valence-corrected chi connectivity index (χ4v) is 2.83. The standard InChI is InChI=1S/C17H26N2O/c1-4-15-5-7-16(8-6-15)18-17(20)14(3)19-11-9-13(2)10-12-19/h5-8,13-14H,4,9-12H2,1-3H3,(H,18,20)/p+1/t14-/m0/s1. The molecule has 20 heavy (non-hydrogen) atoms. The van der Waals surface area contributed by atoms with E-state index in [1.807, 2.05) is 19.1 Å². The Hall–Kier alpha value is -1.35. The van der Waals surface area contributed by atoms with Gasteiger partial charge in [-0.2, -0.15) is 0 Å². The zero-order valence-corrected chi connectivity index (χ0v) is 12.9. The van der Waals surface area contributed by atoms with Gasteiger partial charge in [-0.25, -0.2) is 0 Å². The van der Waals surface area contributed by atoms with Crippen molar-refractivity contribution in [3.8, 4) is 0 Å². The lowest BCUT2D eigenvalue weighted by Crippen LogP contribution is -3.17. The molecule has 2 rings (SSSR count). The number of anilines is 1. The lowest BCUT2D eigenvalue weighted by molar-refractivity contribution is -0.919. The molecule has 1 aliphatic heterocycles. The highest BCUT2D eigenvalue weighted by Crippen LogP contribution is 2.11. The fraction of sp³-hybridized carbons (Fsp3) is 0.588. The summed E-state index contributed by atoms with van der Waals surface area (Å²) in [7, 11) is 0. The zero-order chi connectivity index (χ0) is 14.5. The third kappa shape index (κ3) is 3.83. The van der Waals surface area contributed by atoms with Crippen LogP contribution in [0.25, 0.3) is 0 Å². The number of benzene rings is 1. The van der Waals surface area contributed by atoms with Crippen molar-refractivity contribution in [2.75, 3.05) is 18.4 Å². The summed E-state index contributed by atoms with van der Waals surface area (Å²) in [6.45, 7) is 8.71. The Morgan fingerprint density at radius 1 is 1.30 bits per heavy atom. The van der Waals surface area contributed by atoms with Gasteiger partial charge < -0.3 is 10.2 Å². The highest BCUT2D eigenvalue weighted by atomic mass is 16.2. The number of hydrogen-bond donors (Lipinski definition) is 2. The second kappa shape index (κ2) is 6.89. The first-order valence-electron chi connectivity index (χ1n) is 7.84. The van der Waals surface area contributed by atoms with E-state index in [0.29, 0.717) is 0 Å². The summed E-state index contributed by atoms with van der Waals surface area (Å²) in [5.41, 5.74) is 2.20. The average molecular weight is 275 g/mol. The molecule has 1 aliphatic rings. The lowest BCUT2D eigenvalue weighted by Gasteiger charge is -2.31. The Labute approximate surface area is 122 Å². The van der Waals surface area contributed by atoms with E-state index in [4.69, 9.17) is 0 Å². The maximum atomic E-state index is 12.3. The molecule has 1 fully saturated rings. The highest BCUT2D eigenvalue weighted by molar-refractivity contribution is 5.93. The Bertz CT molecular complexity index is 433. The van der Waals surface area contributed by atoms with Crippen molar-refractivity contribution in [2.24, 2.45) is 5.92 Å². The van der Waals surface area contributed by atoms with Gasteiger partial charge in [-0.3, -0.25) is 4.79 Å². The molecule has 0 aliphatic carbocycles. The monoisotopic (exact) mass is 275 g/mol. The summed E-state index contributed by atoms with van der Waals surface area (Å²) in [4.78, 5) is 13.7. The number of carbonyl (C=O) groups is 1. The van der Waals surface area contributed by atoms with Gasteiger partial charge in [0.1, 0.15) is 0 Å². The molecule has 0 bridgehead atoms. The van der Waals surface area contributed by atoms with Gasteiger partial charge in [-0.05, 0) is 49.8 Å². The van der Waals surface area contributed by atoms with E-state index in [0.717, 1.165) is 31.1 Å². The SMILES string of the molecule is CCc1ccc(NC(=O)[C@H](C)[NH+]2CCC(C)CC2)cc1. The van der Waals surface area contributed by atoms with Crippen molar-refractivity contribution in [3.63, 3.8) is 0 Å². The molecule has 0 saturated carbocycles. The number of piperidine rings is 1. The number of aryl methyl sites for hydroxylation is 1.